The minimum Gasteiger partial charge on any atom is -0.494 e. The van der Waals surface area contributed by atoms with E-state index in [1.807, 2.05) is 54.6 Å². The Bertz CT molecular complexity index is 883. The summed E-state index contributed by atoms with van der Waals surface area (Å²) in [5.74, 6) is 0.666. The summed E-state index contributed by atoms with van der Waals surface area (Å²) in [5, 5.41) is 6.53. The second-order valence-corrected chi connectivity index (χ2v) is 6.81. The number of amides is 1. The zero-order valence-corrected chi connectivity index (χ0v) is 16.3. The van der Waals surface area contributed by atoms with Crippen LogP contribution in [0.2, 0.25) is 5.02 Å². The van der Waals surface area contributed by atoms with Crippen molar-refractivity contribution in [3.63, 3.8) is 0 Å². The molecule has 3 rings (SSSR count). The third-order valence-corrected chi connectivity index (χ3v) is 4.37. The molecule has 144 valence electrons. The van der Waals surface area contributed by atoms with Crippen molar-refractivity contribution in [2.24, 2.45) is 0 Å². The normalized spacial score (nSPS) is 10.3. The Morgan fingerprint density at radius 3 is 2.43 bits per heavy atom. The van der Waals surface area contributed by atoms with Crippen LogP contribution in [0, 0.1) is 0 Å². The molecule has 1 amide bonds. The van der Waals surface area contributed by atoms with Gasteiger partial charge in [0, 0.05) is 16.4 Å². The first kappa shape index (κ1) is 19.8. The van der Waals surface area contributed by atoms with Crippen LogP contribution in [0.15, 0.2) is 78.9 Å². The molecule has 0 aliphatic rings. The molecular weight excluding hydrogens is 372 g/mol. The van der Waals surface area contributed by atoms with Crippen LogP contribution in [0.4, 0.5) is 11.4 Å². The van der Waals surface area contributed by atoms with Crippen LogP contribution < -0.4 is 15.4 Å². The highest BCUT2D eigenvalue weighted by atomic mass is 35.5. The van der Waals surface area contributed by atoms with E-state index in [2.05, 4.69) is 22.8 Å². The largest absolute Gasteiger partial charge is 0.494 e. The minimum absolute atomic E-state index is 0.128. The summed E-state index contributed by atoms with van der Waals surface area (Å²) in [6, 6.07) is 25.0. The number of ether oxygens (including phenoxy) is 1. The van der Waals surface area contributed by atoms with Crippen molar-refractivity contribution in [1.29, 1.82) is 0 Å². The van der Waals surface area contributed by atoms with Gasteiger partial charge in [0.25, 0.3) is 0 Å². The number of nitrogens with one attached hydrogen (secondary N) is 2. The molecular formula is C23H23ClN2O2. The van der Waals surface area contributed by atoms with Gasteiger partial charge in [-0.05, 0) is 60.9 Å². The highest BCUT2D eigenvalue weighted by molar-refractivity contribution is 6.30. The van der Waals surface area contributed by atoms with Crippen molar-refractivity contribution >= 4 is 28.9 Å². The molecule has 0 saturated carbocycles. The Balaban J connectivity index is 1.38. The first-order chi connectivity index (χ1) is 13.7. The van der Waals surface area contributed by atoms with Gasteiger partial charge in [-0.15, -0.1) is 0 Å². The molecule has 0 unspecified atom stereocenters. The summed E-state index contributed by atoms with van der Waals surface area (Å²) >= 11 is 5.93. The van der Waals surface area contributed by atoms with Gasteiger partial charge in [-0.25, -0.2) is 0 Å². The molecule has 0 radical (unpaired) electrons. The van der Waals surface area contributed by atoms with E-state index in [4.69, 9.17) is 16.3 Å². The van der Waals surface area contributed by atoms with E-state index in [0.717, 1.165) is 30.0 Å². The summed E-state index contributed by atoms with van der Waals surface area (Å²) in [4.78, 5) is 12.1. The Labute approximate surface area is 170 Å². The number of carbonyl (C=O) groups is 1. The lowest BCUT2D eigenvalue weighted by Gasteiger charge is -2.10. The summed E-state index contributed by atoms with van der Waals surface area (Å²) in [7, 11) is 0. The van der Waals surface area contributed by atoms with Crippen molar-refractivity contribution in [1.82, 2.24) is 0 Å². The molecule has 0 atom stereocenters. The lowest BCUT2D eigenvalue weighted by atomic mass is 10.1. The lowest BCUT2D eigenvalue weighted by molar-refractivity contribution is -0.114. The maximum atomic E-state index is 12.1. The van der Waals surface area contributed by atoms with Crippen molar-refractivity contribution in [3.8, 4) is 5.75 Å². The first-order valence-corrected chi connectivity index (χ1v) is 9.63. The van der Waals surface area contributed by atoms with Crippen LogP contribution in [-0.4, -0.2) is 19.1 Å². The van der Waals surface area contributed by atoms with Crippen LogP contribution in [0.3, 0.4) is 0 Å². The number of anilines is 2. The van der Waals surface area contributed by atoms with E-state index >= 15 is 0 Å². The fourth-order valence-corrected chi connectivity index (χ4v) is 2.92. The zero-order valence-electron chi connectivity index (χ0n) is 15.5. The minimum atomic E-state index is -0.128. The molecule has 0 aliphatic carbocycles. The van der Waals surface area contributed by atoms with Gasteiger partial charge in [0.1, 0.15) is 5.75 Å². The van der Waals surface area contributed by atoms with Gasteiger partial charge in [-0.2, -0.15) is 0 Å². The average Bonchev–Trinajstić information content (AvgIpc) is 2.72. The highest BCUT2D eigenvalue weighted by Gasteiger charge is 2.03. The second-order valence-electron chi connectivity index (χ2n) is 6.37. The Morgan fingerprint density at radius 1 is 0.893 bits per heavy atom. The third kappa shape index (κ3) is 6.63. The number of aryl methyl sites for hydroxylation is 1. The SMILES string of the molecule is O=C(CNc1cccc(Cl)c1)Nc1ccc(OCCCc2ccccc2)cc1. The quantitative estimate of drug-likeness (QED) is 0.477. The van der Waals surface area contributed by atoms with Crippen molar-refractivity contribution in [3.05, 3.63) is 89.4 Å². The number of benzene rings is 3. The number of halogens is 1. The number of rotatable bonds is 9. The topological polar surface area (TPSA) is 50.4 Å². The highest BCUT2D eigenvalue weighted by Crippen LogP contribution is 2.17. The Morgan fingerprint density at radius 2 is 1.68 bits per heavy atom. The van der Waals surface area contributed by atoms with Gasteiger partial charge >= 0.3 is 0 Å². The third-order valence-electron chi connectivity index (χ3n) is 4.14. The molecule has 4 nitrogen and oxygen atoms in total. The molecule has 3 aromatic carbocycles. The van der Waals surface area contributed by atoms with Gasteiger partial charge in [-0.1, -0.05) is 48.0 Å². The summed E-state index contributed by atoms with van der Waals surface area (Å²) in [5.41, 5.74) is 2.85. The molecule has 0 fully saturated rings. The van der Waals surface area contributed by atoms with Crippen LogP contribution >= 0.6 is 11.6 Å². The summed E-state index contributed by atoms with van der Waals surface area (Å²) < 4.78 is 5.77. The van der Waals surface area contributed by atoms with Crippen LogP contribution in [0.1, 0.15) is 12.0 Å². The van der Waals surface area contributed by atoms with Crippen LogP contribution in [-0.2, 0) is 11.2 Å². The van der Waals surface area contributed by atoms with E-state index in [1.165, 1.54) is 5.56 Å². The number of hydrogen-bond donors (Lipinski definition) is 2. The maximum absolute atomic E-state index is 12.1. The zero-order chi connectivity index (χ0) is 19.6. The smallest absolute Gasteiger partial charge is 0.243 e. The molecule has 0 saturated heterocycles. The van der Waals surface area contributed by atoms with E-state index in [0.29, 0.717) is 11.6 Å². The van der Waals surface area contributed by atoms with Crippen LogP contribution in [0.5, 0.6) is 5.75 Å². The maximum Gasteiger partial charge on any atom is 0.243 e. The number of carbonyl (C=O) groups excluding carboxylic acids is 1. The molecule has 0 bridgehead atoms. The standard InChI is InChI=1S/C23H23ClN2O2/c24-19-9-4-10-21(16-19)25-17-23(27)26-20-11-13-22(14-12-20)28-15-5-8-18-6-2-1-3-7-18/h1-4,6-7,9-14,16,25H,5,8,15,17H2,(H,26,27). The molecule has 0 heterocycles. The van der Waals surface area contributed by atoms with Gasteiger partial charge in [0.2, 0.25) is 5.91 Å². The number of hydrogen-bond acceptors (Lipinski definition) is 3. The first-order valence-electron chi connectivity index (χ1n) is 9.25. The molecule has 5 heteroatoms. The molecule has 0 spiro atoms. The fraction of sp³-hybridized carbons (Fsp3) is 0.174. The summed E-state index contributed by atoms with van der Waals surface area (Å²) in [6.45, 7) is 0.822. The van der Waals surface area contributed by atoms with Crippen molar-refractivity contribution in [2.45, 2.75) is 12.8 Å². The molecule has 3 aromatic rings. The van der Waals surface area contributed by atoms with E-state index in [9.17, 15) is 4.79 Å². The van der Waals surface area contributed by atoms with Gasteiger partial charge < -0.3 is 15.4 Å². The van der Waals surface area contributed by atoms with Gasteiger partial charge in [0.15, 0.2) is 0 Å². The Hall–Kier alpha value is -2.98. The second kappa shape index (κ2) is 10.4. The lowest BCUT2D eigenvalue weighted by Crippen LogP contribution is -2.21. The van der Waals surface area contributed by atoms with Crippen molar-refractivity contribution in [2.75, 3.05) is 23.8 Å². The predicted molar refractivity (Wildman–Crippen MR) is 115 cm³/mol. The van der Waals surface area contributed by atoms with E-state index < -0.39 is 0 Å². The Kier molecular flexibility index (Phi) is 7.33. The summed E-state index contributed by atoms with van der Waals surface area (Å²) in [6.07, 6.45) is 1.95. The molecule has 0 aromatic heterocycles. The van der Waals surface area contributed by atoms with Gasteiger partial charge in [0.05, 0.1) is 13.2 Å². The van der Waals surface area contributed by atoms with E-state index in [-0.39, 0.29) is 12.5 Å². The van der Waals surface area contributed by atoms with Crippen LogP contribution in [0.25, 0.3) is 0 Å². The molecule has 2 N–H and O–H groups in total. The average molecular weight is 395 g/mol. The monoisotopic (exact) mass is 394 g/mol. The van der Waals surface area contributed by atoms with Gasteiger partial charge in [-0.3, -0.25) is 4.79 Å². The molecule has 28 heavy (non-hydrogen) atoms. The molecule has 0 aliphatic heterocycles. The van der Waals surface area contributed by atoms with E-state index in [1.54, 1.807) is 12.1 Å². The fourth-order valence-electron chi connectivity index (χ4n) is 2.73. The van der Waals surface area contributed by atoms with Crippen molar-refractivity contribution < 1.29 is 9.53 Å². The predicted octanol–water partition coefficient (Wildman–Crippen LogP) is 5.40.